The Balaban J connectivity index is 1.60. The number of aromatic nitrogens is 2. The topological polar surface area (TPSA) is 83.2 Å². The summed E-state index contributed by atoms with van der Waals surface area (Å²) >= 11 is 0. The third-order valence-electron chi connectivity index (χ3n) is 6.92. The predicted molar refractivity (Wildman–Crippen MR) is 151 cm³/mol. The molecule has 43 heavy (non-hydrogen) atoms. The van der Waals surface area contributed by atoms with Gasteiger partial charge >= 0.3 is 12.0 Å². The average Bonchev–Trinajstić information content (AvgIpc) is 2.94. The number of nitrogens with zero attached hydrogens (tertiary/aromatic N) is 2. The molecule has 5 rings (SSSR count). The van der Waals surface area contributed by atoms with Crippen molar-refractivity contribution in [3.8, 4) is 16.8 Å². The lowest BCUT2D eigenvalue weighted by molar-refractivity contribution is -0.605. The number of alkyl halides is 3. The number of aryl methyl sites for hydroxylation is 2. The van der Waals surface area contributed by atoms with Gasteiger partial charge in [0.1, 0.15) is 17.7 Å². The highest BCUT2D eigenvalue weighted by atomic mass is 32.2. The van der Waals surface area contributed by atoms with E-state index in [2.05, 4.69) is 4.98 Å². The van der Waals surface area contributed by atoms with E-state index in [0.29, 0.717) is 29.2 Å². The normalized spacial score (nSPS) is 12.1. The molecule has 222 valence electrons. The van der Waals surface area contributed by atoms with Gasteiger partial charge in [0.05, 0.1) is 27.1 Å². The van der Waals surface area contributed by atoms with E-state index in [1.54, 1.807) is 23.8 Å². The minimum Gasteiger partial charge on any atom is -0.396 e. The van der Waals surface area contributed by atoms with Gasteiger partial charge in [0, 0.05) is 19.1 Å². The maximum Gasteiger partial charge on any atom is 0.417 e. The third-order valence-corrected chi connectivity index (χ3v) is 8.32. The molecule has 5 aromatic rings. The second kappa shape index (κ2) is 11.3. The molecule has 6 nitrogen and oxygen atoms in total. The number of anilines is 1. The van der Waals surface area contributed by atoms with Crippen LogP contribution in [0.25, 0.3) is 27.7 Å². The highest BCUT2D eigenvalue weighted by Gasteiger charge is 2.37. The lowest BCUT2D eigenvalue weighted by atomic mass is 10.0. The van der Waals surface area contributed by atoms with Crippen LogP contribution in [0.15, 0.2) is 83.9 Å². The van der Waals surface area contributed by atoms with E-state index in [9.17, 15) is 26.7 Å². The van der Waals surface area contributed by atoms with Crippen molar-refractivity contribution in [2.24, 2.45) is 0 Å². The molecule has 0 radical (unpaired) electrons. The molecule has 0 spiro atoms. The van der Waals surface area contributed by atoms with E-state index >= 15 is 8.78 Å². The van der Waals surface area contributed by atoms with Crippen molar-refractivity contribution in [2.75, 3.05) is 11.3 Å². The molecule has 0 bridgehead atoms. The Bertz CT molecular complexity index is 1980. The first-order valence-electron chi connectivity index (χ1n) is 13.0. The minimum absolute atomic E-state index is 0.0518. The number of para-hydroxylation sites is 1. The highest BCUT2D eigenvalue weighted by Crippen LogP contribution is 2.37. The number of halogens is 5. The van der Waals surface area contributed by atoms with Crippen molar-refractivity contribution in [1.29, 1.82) is 0 Å². The SMILES string of the molecule is Cc1ccc(C(F)(F)F)c(S(=O)(=O)Nc2ccc(F)c(-c3ccc4nc(C)[n+](-c5ccccc5CCO)cc4c3)c2F)c1. The standard InChI is InChI=1S/C31H25F5N3O3S/c1-18-7-9-23(31(34,35)36)28(15-18)43(41,42)38-26-12-10-24(32)29(30(26)33)21-8-11-25-22(16-21)17-39(19(2)37-25)27-6-4-3-5-20(27)13-14-40/h3-12,15-17,38,40H,13-14H2,1-2H3/q+1. The summed E-state index contributed by atoms with van der Waals surface area (Å²) in [6.45, 7) is 3.14. The Labute approximate surface area is 244 Å². The molecule has 2 N–H and O–H groups in total. The molecule has 0 aliphatic rings. The molecule has 4 aromatic carbocycles. The van der Waals surface area contributed by atoms with Crippen LogP contribution in [0.1, 0.15) is 22.5 Å². The van der Waals surface area contributed by atoms with Gasteiger partial charge in [-0.25, -0.2) is 17.2 Å². The monoisotopic (exact) mass is 614 g/mol. The molecule has 1 heterocycles. The summed E-state index contributed by atoms with van der Waals surface area (Å²) in [4.78, 5) is 3.52. The number of sulfonamides is 1. The minimum atomic E-state index is -4.99. The second-order valence-corrected chi connectivity index (χ2v) is 11.6. The van der Waals surface area contributed by atoms with Crippen LogP contribution >= 0.6 is 0 Å². The number of rotatable bonds is 7. The molecule has 0 aliphatic heterocycles. The van der Waals surface area contributed by atoms with Crippen LogP contribution in [0.4, 0.5) is 27.6 Å². The van der Waals surface area contributed by atoms with Gasteiger partial charge in [0.15, 0.2) is 11.3 Å². The van der Waals surface area contributed by atoms with Gasteiger partial charge in [-0.2, -0.15) is 17.7 Å². The summed E-state index contributed by atoms with van der Waals surface area (Å²) in [5.74, 6) is -1.69. The van der Waals surface area contributed by atoms with Gasteiger partial charge in [0.25, 0.3) is 10.0 Å². The van der Waals surface area contributed by atoms with E-state index in [1.165, 1.54) is 19.1 Å². The Hall–Kier alpha value is -4.42. The fraction of sp³-hybridized carbons (Fsp3) is 0.161. The summed E-state index contributed by atoms with van der Waals surface area (Å²) in [6, 6.07) is 16.1. The molecular weight excluding hydrogens is 589 g/mol. The van der Waals surface area contributed by atoms with Gasteiger partial charge in [-0.1, -0.05) is 24.3 Å². The summed E-state index contributed by atoms with van der Waals surface area (Å²) in [5.41, 5.74) is -0.280. The number of fused-ring (bicyclic) bond motifs is 1. The van der Waals surface area contributed by atoms with Crippen LogP contribution in [0, 0.1) is 25.5 Å². The van der Waals surface area contributed by atoms with Crippen LogP contribution in [0.3, 0.4) is 0 Å². The van der Waals surface area contributed by atoms with Gasteiger partial charge in [-0.05, 0) is 78.0 Å². The first-order chi connectivity index (χ1) is 20.3. The van der Waals surface area contributed by atoms with Gasteiger partial charge < -0.3 is 5.11 Å². The number of benzene rings is 4. The molecule has 0 aliphatic carbocycles. The number of nitrogens with one attached hydrogen (secondary N) is 1. The maximum absolute atomic E-state index is 15.8. The zero-order valence-corrected chi connectivity index (χ0v) is 23.7. The predicted octanol–water partition coefficient (Wildman–Crippen LogP) is 6.43. The molecule has 0 unspecified atom stereocenters. The molecule has 0 saturated heterocycles. The van der Waals surface area contributed by atoms with Crippen molar-refractivity contribution in [3.05, 3.63) is 113 Å². The fourth-order valence-electron chi connectivity index (χ4n) is 4.88. The van der Waals surface area contributed by atoms with Crippen molar-refractivity contribution in [1.82, 2.24) is 4.98 Å². The highest BCUT2D eigenvalue weighted by molar-refractivity contribution is 7.92. The van der Waals surface area contributed by atoms with Crippen molar-refractivity contribution < 1.29 is 40.0 Å². The Kier molecular flexibility index (Phi) is 7.93. The van der Waals surface area contributed by atoms with Crippen molar-refractivity contribution >= 4 is 26.6 Å². The Morgan fingerprint density at radius 2 is 1.70 bits per heavy atom. The number of aliphatic hydroxyl groups excluding tert-OH is 1. The zero-order valence-electron chi connectivity index (χ0n) is 22.9. The van der Waals surface area contributed by atoms with Crippen LogP contribution in [0.5, 0.6) is 0 Å². The van der Waals surface area contributed by atoms with Crippen LogP contribution in [-0.2, 0) is 22.6 Å². The molecular formula is C31H25F5N3O3S+. The lowest BCUT2D eigenvalue weighted by Gasteiger charge is -2.16. The van der Waals surface area contributed by atoms with E-state index in [0.717, 1.165) is 35.5 Å². The third kappa shape index (κ3) is 5.93. The van der Waals surface area contributed by atoms with Crippen molar-refractivity contribution in [3.63, 3.8) is 0 Å². The van der Waals surface area contributed by atoms with Crippen LogP contribution in [0.2, 0.25) is 0 Å². The Morgan fingerprint density at radius 1 is 0.953 bits per heavy atom. The van der Waals surface area contributed by atoms with Gasteiger partial charge in [-0.15, -0.1) is 0 Å². The first-order valence-corrected chi connectivity index (χ1v) is 14.5. The quantitative estimate of drug-likeness (QED) is 0.164. The summed E-state index contributed by atoms with van der Waals surface area (Å²) in [5, 5.41) is 9.98. The average molecular weight is 615 g/mol. The summed E-state index contributed by atoms with van der Waals surface area (Å²) in [6.07, 6.45) is -2.86. The van der Waals surface area contributed by atoms with E-state index in [4.69, 9.17) is 0 Å². The number of aliphatic hydroxyl groups is 1. The van der Waals surface area contributed by atoms with Gasteiger partial charge in [0.2, 0.25) is 0 Å². The molecule has 0 saturated carbocycles. The van der Waals surface area contributed by atoms with Crippen LogP contribution in [-0.4, -0.2) is 25.1 Å². The van der Waals surface area contributed by atoms with Gasteiger partial charge in [-0.3, -0.25) is 4.72 Å². The summed E-state index contributed by atoms with van der Waals surface area (Å²) < 4.78 is 101. The van der Waals surface area contributed by atoms with E-state index in [-0.39, 0.29) is 17.7 Å². The first kappa shape index (κ1) is 30.1. The lowest BCUT2D eigenvalue weighted by Crippen LogP contribution is -2.36. The number of hydrogen-bond donors (Lipinski definition) is 2. The largest absolute Gasteiger partial charge is 0.417 e. The molecule has 1 aromatic heterocycles. The fourth-order valence-corrected chi connectivity index (χ4v) is 6.25. The Morgan fingerprint density at radius 3 is 2.42 bits per heavy atom. The zero-order chi connectivity index (χ0) is 31.1. The second-order valence-electron chi connectivity index (χ2n) is 9.92. The summed E-state index contributed by atoms with van der Waals surface area (Å²) in [7, 11) is -4.93. The van der Waals surface area contributed by atoms with E-state index < -0.39 is 49.5 Å². The molecule has 12 heteroatoms. The molecule has 0 fully saturated rings. The number of hydrogen-bond acceptors (Lipinski definition) is 4. The van der Waals surface area contributed by atoms with E-state index in [1.807, 2.05) is 29.0 Å². The molecule has 0 atom stereocenters. The van der Waals surface area contributed by atoms with Crippen molar-refractivity contribution in [2.45, 2.75) is 31.3 Å². The van der Waals surface area contributed by atoms with Crippen LogP contribution < -0.4 is 9.29 Å². The smallest absolute Gasteiger partial charge is 0.396 e. The molecule has 0 amide bonds. The maximum atomic E-state index is 15.8.